The van der Waals surface area contributed by atoms with E-state index in [1.165, 1.54) is 36.5 Å². The van der Waals surface area contributed by atoms with Crippen LogP contribution in [0.25, 0.3) is 21.5 Å². The van der Waals surface area contributed by atoms with E-state index in [0.717, 1.165) is 42.3 Å². The molecule has 0 aliphatic rings. The smallest absolute Gasteiger partial charge is 0.410 e. The van der Waals surface area contributed by atoms with Crippen LogP contribution in [0.4, 0.5) is 4.79 Å². The standard InChI is InChI=1S/C30H41NO2/c1-5-7-13-23(3)20-31(21-24(4)14-8-6-2)30(32)33-22-29-27-17-11-9-15-25(27)19-26-16-10-12-18-28(26)29/h9-12,15-19,23-24H,5-8,13-14,20-22H2,1-4H3. The van der Waals surface area contributed by atoms with E-state index >= 15 is 0 Å². The van der Waals surface area contributed by atoms with Gasteiger partial charge in [-0.15, -0.1) is 0 Å². The number of rotatable bonds is 12. The first-order valence-electron chi connectivity index (χ1n) is 12.8. The third kappa shape index (κ3) is 6.96. The number of fused-ring (bicyclic) bond motifs is 2. The van der Waals surface area contributed by atoms with Gasteiger partial charge in [0.2, 0.25) is 0 Å². The number of amides is 1. The molecular weight excluding hydrogens is 406 g/mol. The van der Waals surface area contributed by atoms with Crippen LogP contribution in [0.5, 0.6) is 0 Å². The van der Waals surface area contributed by atoms with Gasteiger partial charge in [0.25, 0.3) is 0 Å². The second-order valence-electron chi connectivity index (χ2n) is 9.75. The molecular formula is C30H41NO2. The van der Waals surface area contributed by atoms with E-state index in [0.29, 0.717) is 18.4 Å². The Morgan fingerprint density at radius 3 is 1.79 bits per heavy atom. The van der Waals surface area contributed by atoms with Gasteiger partial charge in [-0.05, 0) is 52.3 Å². The van der Waals surface area contributed by atoms with Gasteiger partial charge in [0, 0.05) is 18.7 Å². The molecule has 3 aromatic rings. The number of benzene rings is 3. The van der Waals surface area contributed by atoms with Crippen LogP contribution in [-0.2, 0) is 11.3 Å². The first-order valence-corrected chi connectivity index (χ1v) is 12.8. The fourth-order valence-corrected chi connectivity index (χ4v) is 4.75. The van der Waals surface area contributed by atoms with Crippen LogP contribution in [-0.4, -0.2) is 24.1 Å². The SMILES string of the molecule is CCCCC(C)CN(CC(C)CCCC)C(=O)OCc1c2ccccc2cc2ccccc12. The van der Waals surface area contributed by atoms with E-state index in [4.69, 9.17) is 4.74 Å². The maximum absolute atomic E-state index is 13.3. The number of hydrogen-bond donors (Lipinski definition) is 0. The Labute approximate surface area is 200 Å². The highest BCUT2D eigenvalue weighted by Crippen LogP contribution is 2.29. The van der Waals surface area contributed by atoms with E-state index in [1.807, 2.05) is 4.90 Å². The quantitative estimate of drug-likeness (QED) is 0.260. The topological polar surface area (TPSA) is 29.5 Å². The van der Waals surface area contributed by atoms with Gasteiger partial charge in [0.1, 0.15) is 6.61 Å². The number of hydrogen-bond acceptors (Lipinski definition) is 2. The average molecular weight is 448 g/mol. The lowest BCUT2D eigenvalue weighted by Gasteiger charge is -2.28. The van der Waals surface area contributed by atoms with Crippen LogP contribution in [0.3, 0.4) is 0 Å². The van der Waals surface area contributed by atoms with E-state index in [2.05, 4.69) is 82.3 Å². The van der Waals surface area contributed by atoms with Crippen LogP contribution in [0, 0.1) is 11.8 Å². The van der Waals surface area contributed by atoms with Crippen molar-refractivity contribution in [2.45, 2.75) is 72.8 Å². The number of unbranched alkanes of at least 4 members (excludes halogenated alkanes) is 2. The van der Waals surface area contributed by atoms with Gasteiger partial charge in [-0.25, -0.2) is 4.79 Å². The predicted octanol–water partition coefficient (Wildman–Crippen LogP) is 8.58. The minimum atomic E-state index is -0.182. The second kappa shape index (κ2) is 12.6. The summed E-state index contributed by atoms with van der Waals surface area (Å²) >= 11 is 0. The summed E-state index contributed by atoms with van der Waals surface area (Å²) in [5, 5.41) is 4.67. The Hall–Kier alpha value is -2.55. The molecule has 0 bridgehead atoms. The van der Waals surface area contributed by atoms with Crippen molar-refractivity contribution in [3.63, 3.8) is 0 Å². The van der Waals surface area contributed by atoms with Gasteiger partial charge < -0.3 is 9.64 Å². The Morgan fingerprint density at radius 1 is 0.818 bits per heavy atom. The molecule has 0 spiro atoms. The molecule has 0 aliphatic carbocycles. The van der Waals surface area contributed by atoms with Crippen molar-refractivity contribution in [3.05, 3.63) is 60.2 Å². The van der Waals surface area contributed by atoms with E-state index in [9.17, 15) is 4.79 Å². The van der Waals surface area contributed by atoms with Gasteiger partial charge in [0.05, 0.1) is 0 Å². The van der Waals surface area contributed by atoms with Crippen LogP contribution < -0.4 is 0 Å². The number of nitrogens with zero attached hydrogens (tertiary/aromatic N) is 1. The molecule has 3 rings (SSSR count). The van der Waals surface area contributed by atoms with Crippen molar-refractivity contribution in [1.82, 2.24) is 4.90 Å². The van der Waals surface area contributed by atoms with Crippen LogP contribution in [0.15, 0.2) is 54.6 Å². The van der Waals surface area contributed by atoms with Crippen molar-refractivity contribution in [2.75, 3.05) is 13.1 Å². The Morgan fingerprint density at radius 2 is 1.30 bits per heavy atom. The summed E-state index contributed by atoms with van der Waals surface area (Å²) in [6, 6.07) is 19.0. The third-order valence-corrected chi connectivity index (χ3v) is 6.65. The van der Waals surface area contributed by atoms with Gasteiger partial charge in [-0.1, -0.05) is 102 Å². The normalized spacial score (nSPS) is 13.2. The molecule has 0 aliphatic heterocycles. The van der Waals surface area contributed by atoms with Crippen LogP contribution in [0.1, 0.15) is 71.8 Å². The highest BCUT2D eigenvalue weighted by atomic mass is 16.6. The molecule has 0 N–H and O–H groups in total. The number of carbonyl (C=O) groups excluding carboxylic acids is 1. The molecule has 0 saturated carbocycles. The average Bonchev–Trinajstić information content (AvgIpc) is 2.83. The molecule has 0 radical (unpaired) electrons. The minimum Gasteiger partial charge on any atom is -0.444 e. The molecule has 0 aromatic heterocycles. The fourth-order valence-electron chi connectivity index (χ4n) is 4.75. The molecule has 3 aromatic carbocycles. The van der Waals surface area contributed by atoms with Crippen LogP contribution in [0.2, 0.25) is 0 Å². The van der Waals surface area contributed by atoms with Crippen LogP contribution >= 0.6 is 0 Å². The summed E-state index contributed by atoms with van der Waals surface area (Å²) in [5.74, 6) is 0.962. The summed E-state index contributed by atoms with van der Waals surface area (Å²) < 4.78 is 6.00. The first kappa shape index (κ1) is 25.1. The molecule has 2 unspecified atom stereocenters. The Kier molecular flexibility index (Phi) is 9.60. The molecule has 0 saturated heterocycles. The van der Waals surface area contributed by atoms with Gasteiger partial charge in [0.15, 0.2) is 0 Å². The summed E-state index contributed by atoms with van der Waals surface area (Å²) in [6.45, 7) is 10.8. The van der Waals surface area contributed by atoms with Crippen molar-refractivity contribution < 1.29 is 9.53 Å². The summed E-state index contributed by atoms with van der Waals surface area (Å²) in [7, 11) is 0. The third-order valence-electron chi connectivity index (χ3n) is 6.65. The maximum atomic E-state index is 13.3. The summed E-state index contributed by atoms with van der Waals surface area (Å²) in [4.78, 5) is 15.3. The van der Waals surface area contributed by atoms with Crippen molar-refractivity contribution in [3.8, 4) is 0 Å². The highest BCUT2D eigenvalue weighted by molar-refractivity contribution is 6.02. The minimum absolute atomic E-state index is 0.182. The zero-order valence-corrected chi connectivity index (χ0v) is 21.0. The van der Waals surface area contributed by atoms with Gasteiger partial charge in [-0.2, -0.15) is 0 Å². The molecule has 3 nitrogen and oxygen atoms in total. The predicted molar refractivity (Wildman–Crippen MR) is 141 cm³/mol. The molecule has 178 valence electrons. The Bertz CT molecular complexity index is 958. The summed E-state index contributed by atoms with van der Waals surface area (Å²) in [5.41, 5.74) is 1.09. The lowest BCUT2D eigenvalue weighted by molar-refractivity contribution is 0.0849. The fraction of sp³-hybridized carbons (Fsp3) is 0.500. The lowest BCUT2D eigenvalue weighted by Crippen LogP contribution is -2.38. The maximum Gasteiger partial charge on any atom is 0.410 e. The molecule has 1 amide bonds. The molecule has 2 atom stereocenters. The zero-order valence-electron chi connectivity index (χ0n) is 21.0. The largest absolute Gasteiger partial charge is 0.444 e. The van der Waals surface area contributed by atoms with Crippen molar-refractivity contribution in [2.24, 2.45) is 11.8 Å². The summed E-state index contributed by atoms with van der Waals surface area (Å²) in [6.07, 6.45) is 6.91. The van der Waals surface area contributed by atoms with Crippen molar-refractivity contribution in [1.29, 1.82) is 0 Å². The Balaban J connectivity index is 1.79. The van der Waals surface area contributed by atoms with E-state index in [1.54, 1.807) is 0 Å². The molecule has 33 heavy (non-hydrogen) atoms. The van der Waals surface area contributed by atoms with E-state index < -0.39 is 0 Å². The van der Waals surface area contributed by atoms with E-state index in [-0.39, 0.29) is 6.09 Å². The molecule has 0 fully saturated rings. The lowest BCUT2D eigenvalue weighted by atomic mass is 9.97. The molecule has 3 heteroatoms. The number of ether oxygens (including phenoxy) is 1. The zero-order chi connectivity index (χ0) is 23.6. The van der Waals surface area contributed by atoms with Gasteiger partial charge >= 0.3 is 6.09 Å². The second-order valence-corrected chi connectivity index (χ2v) is 9.75. The molecule has 0 heterocycles. The monoisotopic (exact) mass is 447 g/mol. The highest BCUT2D eigenvalue weighted by Gasteiger charge is 2.21. The number of carbonyl (C=O) groups is 1. The van der Waals surface area contributed by atoms with Gasteiger partial charge in [-0.3, -0.25) is 0 Å². The first-order chi connectivity index (χ1) is 16.0. The van der Waals surface area contributed by atoms with Crippen molar-refractivity contribution >= 4 is 27.6 Å².